The van der Waals surface area contributed by atoms with E-state index < -0.39 is 0 Å². The van der Waals surface area contributed by atoms with Crippen molar-refractivity contribution in [2.24, 2.45) is 5.41 Å². The highest BCUT2D eigenvalue weighted by molar-refractivity contribution is 7.10. The summed E-state index contributed by atoms with van der Waals surface area (Å²) in [6, 6.07) is 2.15. The Morgan fingerprint density at radius 3 is 2.73 bits per heavy atom. The van der Waals surface area contributed by atoms with E-state index in [0.717, 1.165) is 19.5 Å². The highest BCUT2D eigenvalue weighted by Crippen LogP contribution is 2.19. The summed E-state index contributed by atoms with van der Waals surface area (Å²) in [5.74, 6) is 0. The molecule has 0 aliphatic rings. The molecule has 2 nitrogen and oxygen atoms in total. The molecule has 0 aromatic carbocycles. The number of aryl methyl sites for hydroxylation is 1. The number of aliphatic hydroxyl groups excluding tert-OH is 1. The highest BCUT2D eigenvalue weighted by Gasteiger charge is 2.16. The van der Waals surface area contributed by atoms with Gasteiger partial charge in [0.05, 0.1) is 0 Å². The van der Waals surface area contributed by atoms with Gasteiger partial charge in [0.2, 0.25) is 0 Å². The molecule has 2 N–H and O–H groups in total. The average Bonchev–Trinajstić information content (AvgIpc) is 2.51. The van der Waals surface area contributed by atoms with Crippen molar-refractivity contribution in [2.75, 3.05) is 13.2 Å². The summed E-state index contributed by atoms with van der Waals surface area (Å²) in [5.41, 5.74) is 1.55. The van der Waals surface area contributed by atoms with Crippen LogP contribution in [-0.2, 0) is 6.54 Å². The summed E-state index contributed by atoms with van der Waals surface area (Å²) < 4.78 is 0. The lowest BCUT2D eigenvalue weighted by Gasteiger charge is -2.23. The number of hydrogen-bond donors (Lipinski definition) is 2. The van der Waals surface area contributed by atoms with E-state index in [0.29, 0.717) is 0 Å². The van der Waals surface area contributed by atoms with E-state index in [4.69, 9.17) is 5.11 Å². The van der Waals surface area contributed by atoms with Crippen molar-refractivity contribution in [1.82, 2.24) is 5.32 Å². The van der Waals surface area contributed by atoms with E-state index in [2.05, 4.69) is 37.5 Å². The Morgan fingerprint density at radius 1 is 1.47 bits per heavy atom. The molecular formula is C12H21NOS. The zero-order valence-corrected chi connectivity index (χ0v) is 10.7. The summed E-state index contributed by atoms with van der Waals surface area (Å²) in [4.78, 5) is 1.41. The van der Waals surface area contributed by atoms with E-state index in [-0.39, 0.29) is 12.0 Å². The number of hydrogen-bond acceptors (Lipinski definition) is 3. The van der Waals surface area contributed by atoms with Gasteiger partial charge in [0.15, 0.2) is 0 Å². The third-order valence-corrected chi connectivity index (χ3v) is 3.67. The lowest BCUT2D eigenvalue weighted by Crippen LogP contribution is -2.29. The number of aliphatic hydroxyl groups is 1. The average molecular weight is 227 g/mol. The van der Waals surface area contributed by atoms with Gasteiger partial charge in [-0.1, -0.05) is 13.8 Å². The Labute approximate surface area is 96.3 Å². The third kappa shape index (κ3) is 4.33. The molecule has 0 amide bonds. The maximum atomic E-state index is 8.90. The lowest BCUT2D eigenvalue weighted by atomic mass is 9.90. The Kier molecular flexibility index (Phi) is 4.77. The van der Waals surface area contributed by atoms with Gasteiger partial charge in [-0.3, -0.25) is 0 Å². The van der Waals surface area contributed by atoms with Crippen molar-refractivity contribution in [3.8, 4) is 0 Å². The van der Waals surface area contributed by atoms with Gasteiger partial charge in [-0.2, -0.15) is 0 Å². The molecule has 0 spiro atoms. The SMILES string of the molecule is Cc1ccsc1CNCC(C)(C)CCO. The van der Waals surface area contributed by atoms with Crippen LogP contribution < -0.4 is 5.32 Å². The zero-order valence-electron chi connectivity index (χ0n) is 9.84. The normalized spacial score (nSPS) is 12.0. The minimum absolute atomic E-state index is 0.180. The predicted octanol–water partition coefficient (Wildman–Crippen LogP) is 2.55. The van der Waals surface area contributed by atoms with Crippen molar-refractivity contribution in [2.45, 2.75) is 33.7 Å². The van der Waals surface area contributed by atoms with Crippen LogP contribution in [0.5, 0.6) is 0 Å². The fourth-order valence-corrected chi connectivity index (χ4v) is 2.37. The molecule has 0 saturated heterocycles. The van der Waals surface area contributed by atoms with Crippen molar-refractivity contribution in [1.29, 1.82) is 0 Å². The standard InChI is InChI=1S/C12H21NOS/c1-10-4-7-15-11(10)8-13-9-12(2,3)5-6-14/h4,7,13-14H,5-6,8-9H2,1-3H3. The van der Waals surface area contributed by atoms with Crippen molar-refractivity contribution >= 4 is 11.3 Å². The number of rotatable bonds is 6. The van der Waals surface area contributed by atoms with E-state index in [1.807, 2.05) is 0 Å². The Balaban J connectivity index is 2.30. The molecule has 0 atom stereocenters. The Bertz CT molecular complexity index is 294. The molecule has 0 aliphatic carbocycles. The quantitative estimate of drug-likeness (QED) is 0.783. The van der Waals surface area contributed by atoms with Crippen LogP contribution in [-0.4, -0.2) is 18.3 Å². The van der Waals surface area contributed by atoms with Gasteiger partial charge in [-0.25, -0.2) is 0 Å². The Hall–Kier alpha value is -0.380. The van der Waals surface area contributed by atoms with Gasteiger partial charge in [-0.15, -0.1) is 11.3 Å². The van der Waals surface area contributed by atoms with Gasteiger partial charge in [0.1, 0.15) is 0 Å². The van der Waals surface area contributed by atoms with E-state index in [1.54, 1.807) is 11.3 Å². The first-order chi connectivity index (χ1) is 7.05. The van der Waals surface area contributed by atoms with E-state index >= 15 is 0 Å². The predicted molar refractivity (Wildman–Crippen MR) is 66.2 cm³/mol. The van der Waals surface area contributed by atoms with Gasteiger partial charge in [-0.05, 0) is 35.8 Å². The molecule has 1 aromatic heterocycles. The number of nitrogens with one attached hydrogen (secondary N) is 1. The van der Waals surface area contributed by atoms with Gasteiger partial charge in [0.25, 0.3) is 0 Å². The largest absolute Gasteiger partial charge is 0.396 e. The summed E-state index contributed by atoms with van der Waals surface area (Å²) in [6.45, 7) is 8.66. The highest BCUT2D eigenvalue weighted by atomic mass is 32.1. The van der Waals surface area contributed by atoms with Crippen LogP contribution in [0.15, 0.2) is 11.4 Å². The monoisotopic (exact) mass is 227 g/mol. The molecule has 0 unspecified atom stereocenters. The van der Waals surface area contributed by atoms with Crippen molar-refractivity contribution < 1.29 is 5.11 Å². The molecule has 0 fully saturated rings. The summed E-state index contributed by atoms with van der Waals surface area (Å²) in [6.07, 6.45) is 0.851. The fourth-order valence-electron chi connectivity index (χ4n) is 1.49. The molecule has 0 aliphatic heterocycles. The van der Waals surface area contributed by atoms with Crippen LogP contribution in [0.3, 0.4) is 0 Å². The van der Waals surface area contributed by atoms with Crippen molar-refractivity contribution in [3.05, 3.63) is 21.9 Å². The molecule has 86 valence electrons. The maximum Gasteiger partial charge on any atom is 0.0436 e. The first-order valence-electron chi connectivity index (χ1n) is 5.40. The second kappa shape index (κ2) is 5.64. The van der Waals surface area contributed by atoms with Crippen LogP contribution in [0.25, 0.3) is 0 Å². The Morgan fingerprint density at radius 2 is 2.20 bits per heavy atom. The van der Waals surface area contributed by atoms with Crippen molar-refractivity contribution in [3.63, 3.8) is 0 Å². The summed E-state index contributed by atoms with van der Waals surface area (Å²) in [7, 11) is 0. The molecular weight excluding hydrogens is 206 g/mol. The fraction of sp³-hybridized carbons (Fsp3) is 0.667. The molecule has 1 rings (SSSR count). The van der Waals surface area contributed by atoms with Crippen LogP contribution in [0, 0.1) is 12.3 Å². The second-order valence-electron chi connectivity index (χ2n) is 4.77. The maximum absolute atomic E-state index is 8.90. The third-order valence-electron chi connectivity index (χ3n) is 2.65. The molecule has 1 heterocycles. The summed E-state index contributed by atoms with van der Waals surface area (Å²) in [5, 5.41) is 14.5. The van der Waals surface area contributed by atoms with E-state index in [9.17, 15) is 0 Å². The topological polar surface area (TPSA) is 32.3 Å². The summed E-state index contributed by atoms with van der Waals surface area (Å²) >= 11 is 1.80. The first-order valence-corrected chi connectivity index (χ1v) is 6.28. The smallest absolute Gasteiger partial charge is 0.0436 e. The molecule has 0 saturated carbocycles. The van der Waals surface area contributed by atoms with Gasteiger partial charge >= 0.3 is 0 Å². The van der Waals surface area contributed by atoms with Crippen LogP contribution in [0.2, 0.25) is 0 Å². The lowest BCUT2D eigenvalue weighted by molar-refractivity contribution is 0.207. The minimum atomic E-state index is 0.180. The van der Waals surface area contributed by atoms with Gasteiger partial charge < -0.3 is 10.4 Å². The molecule has 3 heteroatoms. The molecule has 0 bridgehead atoms. The molecule has 1 aromatic rings. The van der Waals surface area contributed by atoms with Crippen LogP contribution in [0.1, 0.15) is 30.7 Å². The first kappa shape index (κ1) is 12.7. The molecule has 0 radical (unpaired) electrons. The zero-order chi connectivity index (χ0) is 11.3. The number of thiophene rings is 1. The van der Waals surface area contributed by atoms with Gasteiger partial charge in [0, 0.05) is 24.6 Å². The minimum Gasteiger partial charge on any atom is -0.396 e. The van der Waals surface area contributed by atoms with Crippen LogP contribution >= 0.6 is 11.3 Å². The van der Waals surface area contributed by atoms with E-state index in [1.165, 1.54) is 10.4 Å². The van der Waals surface area contributed by atoms with Crippen LogP contribution in [0.4, 0.5) is 0 Å². The molecule has 15 heavy (non-hydrogen) atoms. The second-order valence-corrected chi connectivity index (χ2v) is 5.77.